The van der Waals surface area contributed by atoms with E-state index in [4.69, 9.17) is 21.1 Å². The van der Waals surface area contributed by atoms with Crippen molar-refractivity contribution >= 4 is 21.6 Å². The van der Waals surface area contributed by atoms with Gasteiger partial charge in [0.25, 0.3) is 0 Å². The van der Waals surface area contributed by atoms with E-state index in [1.807, 2.05) is 26.0 Å². The lowest BCUT2D eigenvalue weighted by atomic mass is 9.96. The fourth-order valence-electron chi connectivity index (χ4n) is 3.64. The van der Waals surface area contributed by atoms with Gasteiger partial charge in [0.2, 0.25) is 10.0 Å². The molecule has 0 aromatic heterocycles. The molecule has 1 heterocycles. The molecule has 0 radical (unpaired) electrons. The lowest BCUT2D eigenvalue weighted by Crippen LogP contribution is -2.38. The zero-order valence-corrected chi connectivity index (χ0v) is 19.1. The van der Waals surface area contributed by atoms with E-state index in [9.17, 15) is 13.5 Å². The zero-order chi connectivity index (χ0) is 21.9. The van der Waals surface area contributed by atoms with Gasteiger partial charge in [-0.2, -0.15) is 4.31 Å². The van der Waals surface area contributed by atoms with Crippen molar-refractivity contribution < 1.29 is 23.0 Å². The number of sulfonamides is 1. The molecule has 1 saturated heterocycles. The van der Waals surface area contributed by atoms with Crippen molar-refractivity contribution in [3.63, 3.8) is 0 Å². The number of benzene rings is 2. The van der Waals surface area contributed by atoms with Crippen LogP contribution in [-0.4, -0.2) is 50.2 Å². The van der Waals surface area contributed by atoms with Crippen molar-refractivity contribution in [3.8, 4) is 11.5 Å². The van der Waals surface area contributed by atoms with Crippen molar-refractivity contribution in [3.05, 3.63) is 52.5 Å². The summed E-state index contributed by atoms with van der Waals surface area (Å²) in [6, 6.07) is 10.0. The number of aliphatic hydroxyl groups is 1. The molecule has 0 aliphatic carbocycles. The van der Waals surface area contributed by atoms with E-state index in [1.54, 1.807) is 24.3 Å². The van der Waals surface area contributed by atoms with Gasteiger partial charge < -0.3 is 14.6 Å². The molecule has 1 N–H and O–H groups in total. The van der Waals surface area contributed by atoms with E-state index in [1.165, 1.54) is 11.4 Å². The summed E-state index contributed by atoms with van der Waals surface area (Å²) in [6.07, 6.45) is 1.31. The van der Waals surface area contributed by atoms with Crippen molar-refractivity contribution in [2.45, 2.75) is 43.6 Å². The third-order valence-corrected chi connectivity index (χ3v) is 8.00. The minimum atomic E-state index is -3.63. The average molecular weight is 454 g/mol. The predicted molar refractivity (Wildman–Crippen MR) is 117 cm³/mol. The highest BCUT2D eigenvalue weighted by Gasteiger charge is 2.35. The molecule has 1 aliphatic rings. The van der Waals surface area contributed by atoms with Crippen molar-refractivity contribution in [2.24, 2.45) is 0 Å². The topological polar surface area (TPSA) is 76.1 Å². The Bertz CT molecular complexity index is 970. The Hall–Kier alpha value is -1.80. The molecule has 30 heavy (non-hydrogen) atoms. The van der Waals surface area contributed by atoms with Crippen molar-refractivity contribution in [2.75, 3.05) is 26.8 Å². The fourth-order valence-corrected chi connectivity index (χ4v) is 5.23. The van der Waals surface area contributed by atoms with Gasteiger partial charge >= 0.3 is 0 Å². The van der Waals surface area contributed by atoms with E-state index in [0.29, 0.717) is 42.3 Å². The highest BCUT2D eigenvalue weighted by molar-refractivity contribution is 7.89. The van der Waals surface area contributed by atoms with E-state index >= 15 is 0 Å². The molecular weight excluding hydrogens is 426 g/mol. The van der Waals surface area contributed by atoms with Crippen LogP contribution in [0, 0.1) is 13.8 Å². The van der Waals surface area contributed by atoms with Gasteiger partial charge in [0.05, 0.1) is 17.6 Å². The van der Waals surface area contributed by atoms with Gasteiger partial charge in [0, 0.05) is 18.1 Å². The number of methoxy groups -OCH3 is 1. The first-order valence-electron chi connectivity index (χ1n) is 9.91. The molecule has 1 fully saturated rings. The van der Waals surface area contributed by atoms with Crippen LogP contribution in [0.15, 0.2) is 41.3 Å². The summed E-state index contributed by atoms with van der Waals surface area (Å²) >= 11 is 6.20. The summed E-state index contributed by atoms with van der Waals surface area (Å²) in [4.78, 5) is 0.220. The Morgan fingerprint density at radius 3 is 2.30 bits per heavy atom. The highest BCUT2D eigenvalue weighted by Crippen LogP contribution is 2.30. The summed E-state index contributed by atoms with van der Waals surface area (Å²) in [5.41, 5.74) is 0.735. The number of hydrogen-bond donors (Lipinski definition) is 1. The quantitative estimate of drug-likeness (QED) is 0.716. The third-order valence-electron chi connectivity index (χ3n) is 5.49. The molecule has 1 aliphatic heterocycles. The molecule has 2 aromatic carbocycles. The van der Waals surface area contributed by atoms with Gasteiger partial charge in [-0.05, 0) is 80.6 Å². The molecule has 2 aromatic rings. The van der Waals surface area contributed by atoms with Gasteiger partial charge in [-0.15, -0.1) is 0 Å². The minimum absolute atomic E-state index is 0.101. The van der Waals surface area contributed by atoms with Crippen LogP contribution < -0.4 is 9.47 Å². The smallest absolute Gasteiger partial charge is 0.243 e. The fraction of sp³-hybridized carbons (Fsp3) is 0.455. The SMILES string of the molecule is COc1ccc(S(=O)(=O)N2CCCC(O)(COc3cc(C)c(Cl)c(C)c3)CC2)cc1. The average Bonchev–Trinajstić information content (AvgIpc) is 2.93. The first kappa shape index (κ1) is 22.9. The van der Waals surface area contributed by atoms with Gasteiger partial charge in [-0.3, -0.25) is 0 Å². The molecule has 0 saturated carbocycles. The highest BCUT2D eigenvalue weighted by atomic mass is 35.5. The van der Waals surface area contributed by atoms with E-state index < -0.39 is 15.6 Å². The monoisotopic (exact) mass is 453 g/mol. The van der Waals surface area contributed by atoms with Crippen LogP contribution in [0.5, 0.6) is 11.5 Å². The van der Waals surface area contributed by atoms with Crippen LogP contribution in [0.3, 0.4) is 0 Å². The Kier molecular flexibility index (Phi) is 6.97. The molecule has 1 unspecified atom stereocenters. The van der Waals surface area contributed by atoms with Crippen LogP contribution in [0.2, 0.25) is 5.02 Å². The summed E-state index contributed by atoms with van der Waals surface area (Å²) in [5.74, 6) is 1.25. The third kappa shape index (κ3) is 5.09. The minimum Gasteiger partial charge on any atom is -0.497 e. The Morgan fingerprint density at radius 1 is 1.07 bits per heavy atom. The molecule has 0 spiro atoms. The number of aryl methyl sites for hydroxylation is 2. The van der Waals surface area contributed by atoms with E-state index in [-0.39, 0.29) is 18.0 Å². The maximum atomic E-state index is 13.0. The number of rotatable bonds is 6. The molecule has 8 heteroatoms. The molecule has 164 valence electrons. The first-order chi connectivity index (χ1) is 14.1. The summed E-state index contributed by atoms with van der Waals surface area (Å²) in [6.45, 7) is 4.50. The largest absolute Gasteiger partial charge is 0.497 e. The zero-order valence-electron chi connectivity index (χ0n) is 17.5. The standard InChI is InChI=1S/C22H28ClNO5S/c1-16-13-19(14-17(2)21(16)23)29-15-22(25)9-4-11-24(12-10-22)30(26,27)20-7-5-18(28-3)6-8-20/h5-8,13-14,25H,4,9-12,15H2,1-3H3. The molecule has 6 nitrogen and oxygen atoms in total. The predicted octanol–water partition coefficient (Wildman–Crippen LogP) is 3.95. The van der Waals surface area contributed by atoms with Gasteiger partial charge in [-0.1, -0.05) is 11.6 Å². The lowest BCUT2D eigenvalue weighted by Gasteiger charge is -2.27. The lowest BCUT2D eigenvalue weighted by molar-refractivity contribution is -0.0156. The van der Waals surface area contributed by atoms with Gasteiger partial charge in [0.15, 0.2) is 0 Å². The second-order valence-corrected chi connectivity index (χ2v) is 10.1. The molecule has 1 atom stereocenters. The normalized spacial score (nSPS) is 20.6. The Morgan fingerprint density at radius 2 is 1.70 bits per heavy atom. The van der Waals surface area contributed by atoms with Gasteiger partial charge in [0.1, 0.15) is 18.1 Å². The van der Waals surface area contributed by atoms with Gasteiger partial charge in [-0.25, -0.2) is 8.42 Å². The molecule has 0 bridgehead atoms. The van der Waals surface area contributed by atoms with Crippen LogP contribution in [0.25, 0.3) is 0 Å². The second kappa shape index (κ2) is 9.14. The molecule has 0 amide bonds. The summed E-state index contributed by atoms with van der Waals surface area (Å²) < 4.78 is 38.4. The van der Waals surface area contributed by atoms with Crippen LogP contribution in [0.1, 0.15) is 30.4 Å². The van der Waals surface area contributed by atoms with Crippen LogP contribution in [0.4, 0.5) is 0 Å². The Balaban J connectivity index is 1.67. The second-order valence-electron chi connectivity index (χ2n) is 7.82. The van der Waals surface area contributed by atoms with Crippen molar-refractivity contribution in [1.82, 2.24) is 4.31 Å². The van der Waals surface area contributed by atoms with Crippen LogP contribution in [-0.2, 0) is 10.0 Å². The van der Waals surface area contributed by atoms with E-state index in [0.717, 1.165) is 11.1 Å². The van der Waals surface area contributed by atoms with Crippen LogP contribution >= 0.6 is 11.6 Å². The van der Waals surface area contributed by atoms with E-state index in [2.05, 4.69) is 0 Å². The van der Waals surface area contributed by atoms with Crippen molar-refractivity contribution in [1.29, 1.82) is 0 Å². The Labute approximate surface area is 183 Å². The summed E-state index contributed by atoms with van der Waals surface area (Å²) in [7, 11) is -2.10. The maximum absolute atomic E-state index is 13.0. The molecular formula is C22H28ClNO5S. The first-order valence-corrected chi connectivity index (χ1v) is 11.7. The maximum Gasteiger partial charge on any atom is 0.243 e. The molecule has 3 rings (SSSR count). The number of halogens is 1. The number of ether oxygens (including phenoxy) is 2. The number of hydrogen-bond acceptors (Lipinski definition) is 5. The number of nitrogens with zero attached hydrogens (tertiary/aromatic N) is 1. The summed E-state index contributed by atoms with van der Waals surface area (Å²) in [5, 5.41) is 11.7.